The van der Waals surface area contributed by atoms with Crippen molar-refractivity contribution in [2.45, 2.75) is 31.2 Å². The van der Waals surface area contributed by atoms with Gasteiger partial charge in [0, 0.05) is 17.3 Å². The highest BCUT2D eigenvalue weighted by atomic mass is 32.2. The number of hydrogen-bond acceptors (Lipinski definition) is 5. The predicted molar refractivity (Wildman–Crippen MR) is 115 cm³/mol. The maximum absolute atomic E-state index is 13.8. The second kappa shape index (κ2) is 7.91. The van der Waals surface area contributed by atoms with Crippen molar-refractivity contribution in [2.24, 2.45) is 0 Å². The lowest BCUT2D eigenvalue weighted by Crippen LogP contribution is -2.39. The van der Waals surface area contributed by atoms with Crippen LogP contribution in [-0.2, 0) is 19.6 Å². The molecule has 0 N–H and O–H groups in total. The van der Waals surface area contributed by atoms with Crippen LogP contribution in [-0.4, -0.2) is 26.0 Å². The first kappa shape index (κ1) is 20.1. The van der Waals surface area contributed by atoms with Crippen LogP contribution in [0.15, 0.2) is 71.8 Å². The Bertz CT molecular complexity index is 1190. The third-order valence-corrected chi connectivity index (χ3v) is 6.96. The number of para-hydroxylation sites is 1. The van der Waals surface area contributed by atoms with E-state index in [-0.39, 0.29) is 17.9 Å². The zero-order valence-electron chi connectivity index (χ0n) is 16.8. The summed E-state index contributed by atoms with van der Waals surface area (Å²) >= 11 is 0. The second-order valence-electron chi connectivity index (χ2n) is 7.10. The lowest BCUT2D eigenvalue weighted by Gasteiger charge is -2.38. The number of benzene rings is 2. The standard InChI is InChI=1S/C23H22N2O4S/c1-3-29-22(26)15-21-19-8-6-14-24-23(19)18-7-4-5-9-20(18)25(21)30(27,28)17-12-10-16(2)11-13-17/h4-14,21H,3,15H2,1-2H3. The summed E-state index contributed by atoms with van der Waals surface area (Å²) in [6.45, 7) is 3.86. The molecule has 0 saturated heterocycles. The van der Waals surface area contributed by atoms with Gasteiger partial charge in [0.1, 0.15) is 0 Å². The van der Waals surface area contributed by atoms with E-state index in [1.54, 1.807) is 55.6 Å². The third-order valence-electron chi connectivity index (χ3n) is 5.12. The molecule has 0 spiro atoms. The highest BCUT2D eigenvalue weighted by Gasteiger charge is 2.40. The Labute approximate surface area is 176 Å². The average Bonchev–Trinajstić information content (AvgIpc) is 2.74. The second-order valence-corrected chi connectivity index (χ2v) is 8.91. The fraction of sp³-hybridized carbons (Fsp3) is 0.217. The smallest absolute Gasteiger partial charge is 0.308 e. The number of nitrogens with zero attached hydrogens (tertiary/aromatic N) is 2. The van der Waals surface area contributed by atoms with Gasteiger partial charge in [0.05, 0.1) is 35.3 Å². The van der Waals surface area contributed by atoms with Crippen molar-refractivity contribution < 1.29 is 17.9 Å². The summed E-state index contributed by atoms with van der Waals surface area (Å²) in [6.07, 6.45) is 1.56. The fourth-order valence-corrected chi connectivity index (χ4v) is 5.41. The SMILES string of the molecule is CCOC(=O)CC1c2cccnc2-c2ccccc2N1S(=O)(=O)c1ccc(C)cc1. The number of pyridine rings is 1. The van der Waals surface area contributed by atoms with Gasteiger partial charge < -0.3 is 4.74 Å². The molecule has 1 aromatic heterocycles. The Kier molecular flexibility index (Phi) is 5.30. The van der Waals surface area contributed by atoms with Gasteiger partial charge in [-0.3, -0.25) is 14.1 Å². The van der Waals surface area contributed by atoms with Crippen LogP contribution in [0.25, 0.3) is 11.3 Å². The lowest BCUT2D eigenvalue weighted by atomic mass is 9.92. The summed E-state index contributed by atoms with van der Waals surface area (Å²) < 4.78 is 34.0. The number of fused-ring (bicyclic) bond motifs is 3. The summed E-state index contributed by atoms with van der Waals surface area (Å²) in [7, 11) is -3.95. The van der Waals surface area contributed by atoms with Crippen molar-refractivity contribution >= 4 is 21.7 Å². The molecule has 1 unspecified atom stereocenters. The quantitative estimate of drug-likeness (QED) is 0.574. The van der Waals surface area contributed by atoms with E-state index in [0.29, 0.717) is 22.5 Å². The molecule has 3 aromatic rings. The molecule has 1 aliphatic heterocycles. The van der Waals surface area contributed by atoms with Crippen molar-refractivity contribution in [1.82, 2.24) is 4.98 Å². The van der Waals surface area contributed by atoms with Crippen LogP contribution < -0.4 is 4.31 Å². The Hall–Kier alpha value is -3.19. The van der Waals surface area contributed by atoms with E-state index in [9.17, 15) is 13.2 Å². The molecular formula is C23H22N2O4S. The van der Waals surface area contributed by atoms with Crippen LogP contribution in [0.2, 0.25) is 0 Å². The summed E-state index contributed by atoms with van der Waals surface area (Å²) in [5, 5.41) is 0. The lowest BCUT2D eigenvalue weighted by molar-refractivity contribution is -0.143. The Balaban J connectivity index is 1.93. The van der Waals surface area contributed by atoms with Crippen LogP contribution in [0.1, 0.15) is 30.5 Å². The normalized spacial score (nSPS) is 15.3. The summed E-state index contributed by atoms with van der Waals surface area (Å²) in [4.78, 5) is 17.1. The van der Waals surface area contributed by atoms with Crippen molar-refractivity contribution in [3.05, 3.63) is 78.0 Å². The van der Waals surface area contributed by atoms with Gasteiger partial charge in [-0.05, 0) is 38.1 Å². The molecule has 2 aromatic carbocycles. The molecule has 1 atom stereocenters. The van der Waals surface area contributed by atoms with Crippen LogP contribution in [0.3, 0.4) is 0 Å². The number of hydrogen-bond donors (Lipinski definition) is 0. The molecule has 2 heterocycles. The molecule has 7 heteroatoms. The third kappa shape index (κ3) is 3.45. The number of esters is 1. The number of aryl methyl sites for hydroxylation is 1. The first-order chi connectivity index (χ1) is 14.4. The number of sulfonamides is 1. The van der Waals surface area contributed by atoms with Crippen molar-refractivity contribution in [3.63, 3.8) is 0 Å². The number of carbonyl (C=O) groups is 1. The number of anilines is 1. The van der Waals surface area contributed by atoms with Crippen molar-refractivity contribution in [2.75, 3.05) is 10.9 Å². The summed E-state index contributed by atoms with van der Waals surface area (Å²) in [5.41, 5.74) is 3.53. The fourth-order valence-electron chi connectivity index (χ4n) is 3.76. The molecule has 154 valence electrons. The average molecular weight is 423 g/mol. The predicted octanol–water partition coefficient (Wildman–Crippen LogP) is 4.26. The minimum Gasteiger partial charge on any atom is -0.466 e. The van der Waals surface area contributed by atoms with E-state index in [1.165, 1.54) is 4.31 Å². The van der Waals surface area contributed by atoms with E-state index >= 15 is 0 Å². The van der Waals surface area contributed by atoms with E-state index < -0.39 is 22.0 Å². The zero-order chi connectivity index (χ0) is 21.3. The molecule has 4 rings (SSSR count). The number of ether oxygens (including phenoxy) is 1. The molecule has 30 heavy (non-hydrogen) atoms. The Morgan fingerprint density at radius 3 is 2.53 bits per heavy atom. The Morgan fingerprint density at radius 2 is 1.80 bits per heavy atom. The topological polar surface area (TPSA) is 76.6 Å². The van der Waals surface area contributed by atoms with Gasteiger partial charge in [-0.1, -0.05) is 42.0 Å². The first-order valence-corrected chi connectivity index (χ1v) is 11.2. The van der Waals surface area contributed by atoms with Crippen LogP contribution in [0, 0.1) is 6.92 Å². The zero-order valence-corrected chi connectivity index (χ0v) is 17.6. The monoisotopic (exact) mass is 422 g/mol. The van der Waals surface area contributed by atoms with Gasteiger partial charge in [-0.25, -0.2) is 8.42 Å². The molecule has 0 radical (unpaired) electrons. The molecule has 0 bridgehead atoms. The number of carbonyl (C=O) groups excluding carboxylic acids is 1. The minimum atomic E-state index is -3.95. The highest BCUT2D eigenvalue weighted by Crippen LogP contribution is 2.47. The van der Waals surface area contributed by atoms with Crippen molar-refractivity contribution in [1.29, 1.82) is 0 Å². The van der Waals surface area contributed by atoms with Crippen LogP contribution >= 0.6 is 0 Å². The minimum absolute atomic E-state index is 0.105. The van der Waals surface area contributed by atoms with Gasteiger partial charge in [0.25, 0.3) is 10.0 Å². The van der Waals surface area contributed by atoms with E-state index in [4.69, 9.17) is 4.74 Å². The molecule has 0 fully saturated rings. The molecule has 0 aliphatic carbocycles. The summed E-state index contributed by atoms with van der Waals surface area (Å²) in [5.74, 6) is -0.458. The van der Waals surface area contributed by atoms with E-state index in [0.717, 1.165) is 5.56 Å². The van der Waals surface area contributed by atoms with Gasteiger partial charge >= 0.3 is 5.97 Å². The van der Waals surface area contributed by atoms with Gasteiger partial charge in [0.15, 0.2) is 0 Å². The maximum Gasteiger partial charge on any atom is 0.308 e. The van der Waals surface area contributed by atoms with Gasteiger partial charge in [-0.15, -0.1) is 0 Å². The molecule has 0 saturated carbocycles. The molecular weight excluding hydrogens is 400 g/mol. The molecule has 1 aliphatic rings. The van der Waals surface area contributed by atoms with Crippen LogP contribution in [0.5, 0.6) is 0 Å². The number of aromatic nitrogens is 1. The Morgan fingerprint density at radius 1 is 1.07 bits per heavy atom. The highest BCUT2D eigenvalue weighted by molar-refractivity contribution is 7.92. The first-order valence-electron chi connectivity index (χ1n) is 9.74. The van der Waals surface area contributed by atoms with E-state index in [2.05, 4.69) is 4.98 Å². The molecule has 6 nitrogen and oxygen atoms in total. The number of rotatable bonds is 5. The van der Waals surface area contributed by atoms with E-state index in [1.807, 2.05) is 25.1 Å². The summed E-state index contributed by atoms with van der Waals surface area (Å²) in [6, 6.07) is 16.7. The van der Waals surface area contributed by atoms with Gasteiger partial charge in [-0.2, -0.15) is 0 Å². The maximum atomic E-state index is 13.8. The molecule has 0 amide bonds. The van der Waals surface area contributed by atoms with Crippen molar-refractivity contribution in [3.8, 4) is 11.3 Å². The largest absolute Gasteiger partial charge is 0.466 e. The van der Waals surface area contributed by atoms with Gasteiger partial charge in [0.2, 0.25) is 0 Å². The van der Waals surface area contributed by atoms with Crippen LogP contribution in [0.4, 0.5) is 5.69 Å².